The van der Waals surface area contributed by atoms with Crippen molar-refractivity contribution in [2.45, 2.75) is 6.54 Å². The van der Waals surface area contributed by atoms with Crippen LogP contribution in [0.1, 0.15) is 5.56 Å². The molecule has 4 aromatic rings. The average molecular weight is 429 g/mol. The van der Waals surface area contributed by atoms with E-state index in [0.29, 0.717) is 6.54 Å². The first-order valence-electron chi connectivity index (χ1n) is 10.9. The van der Waals surface area contributed by atoms with E-state index in [9.17, 15) is 4.79 Å². The predicted molar refractivity (Wildman–Crippen MR) is 130 cm³/mol. The third kappa shape index (κ3) is 3.76. The van der Waals surface area contributed by atoms with Crippen LogP contribution in [0.5, 0.6) is 0 Å². The Bertz CT molecular complexity index is 1290. The van der Waals surface area contributed by atoms with Crippen molar-refractivity contribution in [2.24, 2.45) is 7.05 Å². The molecule has 1 aliphatic heterocycles. The molecule has 0 amide bonds. The molecule has 2 N–H and O–H groups in total. The third-order valence-corrected chi connectivity index (χ3v) is 6.25. The van der Waals surface area contributed by atoms with Gasteiger partial charge in [-0.05, 0) is 36.9 Å². The molecular formula is C25H28N6O. The van der Waals surface area contributed by atoms with Gasteiger partial charge in [0.1, 0.15) is 5.82 Å². The van der Waals surface area contributed by atoms with Crippen LogP contribution in [0.3, 0.4) is 0 Å². The third-order valence-electron chi connectivity index (χ3n) is 6.25. The summed E-state index contributed by atoms with van der Waals surface area (Å²) >= 11 is 0. The second kappa shape index (κ2) is 8.16. The van der Waals surface area contributed by atoms with Crippen LogP contribution in [0, 0.1) is 0 Å². The summed E-state index contributed by atoms with van der Waals surface area (Å²) < 4.78 is 3.75. The van der Waals surface area contributed by atoms with Crippen molar-refractivity contribution in [3.63, 3.8) is 0 Å². The second-order valence-corrected chi connectivity index (χ2v) is 8.57. The highest BCUT2D eigenvalue weighted by molar-refractivity contribution is 5.84. The molecule has 0 spiro atoms. The van der Waals surface area contributed by atoms with E-state index in [4.69, 9.17) is 10.7 Å². The van der Waals surface area contributed by atoms with Gasteiger partial charge in [0, 0.05) is 57.2 Å². The van der Waals surface area contributed by atoms with E-state index in [0.717, 1.165) is 48.6 Å². The van der Waals surface area contributed by atoms with Crippen molar-refractivity contribution in [1.29, 1.82) is 0 Å². The molecule has 7 nitrogen and oxygen atoms in total. The average Bonchev–Trinajstić information content (AvgIpc) is 3.16. The molecule has 164 valence electrons. The zero-order valence-corrected chi connectivity index (χ0v) is 18.5. The van der Waals surface area contributed by atoms with Crippen LogP contribution in [-0.2, 0) is 13.6 Å². The Morgan fingerprint density at radius 2 is 1.72 bits per heavy atom. The standard InChI is InChI=1S/C25H28N6O/c1-28-10-12-30(13-11-28)20-8-9-22-23(15-20)31(16-18-6-4-3-5-7-18)24(27-22)19-14-21(26)25(32)29(2)17-19/h3-9,14-15,17H,10-13,16,26H2,1-2H3. The molecule has 2 aromatic carbocycles. The molecule has 1 fully saturated rings. The van der Waals surface area contributed by atoms with Crippen LogP contribution >= 0.6 is 0 Å². The van der Waals surface area contributed by atoms with Crippen LogP contribution in [0.4, 0.5) is 11.4 Å². The van der Waals surface area contributed by atoms with Gasteiger partial charge in [0.05, 0.1) is 16.7 Å². The lowest BCUT2D eigenvalue weighted by atomic mass is 10.2. The first-order chi connectivity index (χ1) is 15.5. The summed E-state index contributed by atoms with van der Waals surface area (Å²) in [5.41, 5.74) is 11.3. The predicted octanol–water partition coefficient (Wildman–Crippen LogP) is 2.78. The first-order valence-corrected chi connectivity index (χ1v) is 10.9. The fourth-order valence-electron chi connectivity index (χ4n) is 4.38. The Morgan fingerprint density at radius 1 is 0.969 bits per heavy atom. The Morgan fingerprint density at radius 3 is 2.44 bits per heavy atom. The van der Waals surface area contributed by atoms with Crippen LogP contribution in [-0.4, -0.2) is 52.2 Å². The summed E-state index contributed by atoms with van der Waals surface area (Å²) in [5, 5.41) is 0. The summed E-state index contributed by atoms with van der Waals surface area (Å²) in [6, 6.07) is 18.6. The molecule has 0 bridgehead atoms. The van der Waals surface area contributed by atoms with Crippen LogP contribution < -0.4 is 16.2 Å². The summed E-state index contributed by atoms with van der Waals surface area (Å²) in [5.74, 6) is 0.807. The lowest BCUT2D eigenvalue weighted by Crippen LogP contribution is -2.44. The van der Waals surface area contributed by atoms with Crippen molar-refractivity contribution in [2.75, 3.05) is 43.9 Å². The van der Waals surface area contributed by atoms with Crippen molar-refractivity contribution in [1.82, 2.24) is 19.0 Å². The minimum absolute atomic E-state index is 0.197. The lowest BCUT2D eigenvalue weighted by Gasteiger charge is -2.34. The molecular weight excluding hydrogens is 400 g/mol. The number of nitrogens with zero attached hydrogens (tertiary/aromatic N) is 5. The number of hydrogen-bond acceptors (Lipinski definition) is 5. The molecule has 0 atom stereocenters. The van der Waals surface area contributed by atoms with E-state index in [1.54, 1.807) is 13.1 Å². The van der Waals surface area contributed by atoms with E-state index >= 15 is 0 Å². The van der Waals surface area contributed by atoms with Gasteiger partial charge in [-0.3, -0.25) is 4.79 Å². The number of imidazole rings is 1. The maximum atomic E-state index is 12.1. The largest absolute Gasteiger partial charge is 0.394 e. The van der Waals surface area contributed by atoms with E-state index in [1.165, 1.54) is 15.8 Å². The van der Waals surface area contributed by atoms with Gasteiger partial charge in [0.2, 0.25) is 0 Å². The lowest BCUT2D eigenvalue weighted by molar-refractivity contribution is 0.313. The molecule has 1 saturated heterocycles. The van der Waals surface area contributed by atoms with Gasteiger partial charge in [-0.25, -0.2) is 4.98 Å². The number of likely N-dealkylation sites (N-methyl/N-ethyl adjacent to an activating group) is 1. The number of aryl methyl sites for hydroxylation is 1. The fourth-order valence-corrected chi connectivity index (χ4v) is 4.38. The molecule has 0 unspecified atom stereocenters. The number of rotatable bonds is 4. The minimum atomic E-state index is -0.197. The van der Waals surface area contributed by atoms with E-state index < -0.39 is 0 Å². The number of nitrogen functional groups attached to an aromatic ring is 1. The van der Waals surface area contributed by atoms with Gasteiger partial charge in [-0.2, -0.15) is 0 Å². The van der Waals surface area contributed by atoms with E-state index in [1.807, 2.05) is 24.4 Å². The Hall–Kier alpha value is -3.58. The summed E-state index contributed by atoms with van der Waals surface area (Å²) in [6.07, 6.45) is 1.81. The number of fused-ring (bicyclic) bond motifs is 1. The van der Waals surface area contributed by atoms with Crippen molar-refractivity contribution < 1.29 is 0 Å². The molecule has 0 radical (unpaired) electrons. The summed E-state index contributed by atoms with van der Waals surface area (Å²) in [6.45, 7) is 4.83. The smallest absolute Gasteiger partial charge is 0.273 e. The SMILES string of the molecule is CN1CCN(c2ccc3nc(-c4cc(N)c(=O)n(C)c4)n(Cc4ccccc4)c3c2)CC1. The molecule has 2 aromatic heterocycles. The quantitative estimate of drug-likeness (QED) is 0.541. The van der Waals surface area contributed by atoms with Crippen LogP contribution in [0.2, 0.25) is 0 Å². The van der Waals surface area contributed by atoms with Crippen LogP contribution in [0.25, 0.3) is 22.4 Å². The number of aromatic nitrogens is 3. The molecule has 32 heavy (non-hydrogen) atoms. The van der Waals surface area contributed by atoms with Gasteiger partial charge in [-0.15, -0.1) is 0 Å². The van der Waals surface area contributed by atoms with E-state index in [2.05, 4.69) is 51.7 Å². The normalized spacial score (nSPS) is 14.9. The van der Waals surface area contributed by atoms with Gasteiger partial charge in [0.15, 0.2) is 0 Å². The zero-order chi connectivity index (χ0) is 22.2. The first kappa shape index (κ1) is 20.3. The van der Waals surface area contributed by atoms with Crippen molar-refractivity contribution >= 4 is 22.4 Å². The van der Waals surface area contributed by atoms with Crippen molar-refractivity contribution in [3.8, 4) is 11.4 Å². The number of hydrogen-bond donors (Lipinski definition) is 1. The maximum absolute atomic E-state index is 12.1. The topological polar surface area (TPSA) is 72.3 Å². The number of piperazine rings is 1. The number of anilines is 2. The Labute approximate surface area is 187 Å². The highest BCUT2D eigenvalue weighted by Crippen LogP contribution is 2.29. The monoisotopic (exact) mass is 428 g/mol. The molecule has 1 aliphatic rings. The molecule has 7 heteroatoms. The van der Waals surface area contributed by atoms with Gasteiger partial charge in [0.25, 0.3) is 5.56 Å². The highest BCUT2D eigenvalue weighted by atomic mass is 16.1. The van der Waals surface area contributed by atoms with E-state index in [-0.39, 0.29) is 11.2 Å². The number of pyridine rings is 1. The number of benzene rings is 2. The highest BCUT2D eigenvalue weighted by Gasteiger charge is 2.19. The molecule has 3 heterocycles. The van der Waals surface area contributed by atoms with Gasteiger partial charge in [-0.1, -0.05) is 30.3 Å². The Kier molecular flexibility index (Phi) is 5.19. The van der Waals surface area contributed by atoms with Crippen molar-refractivity contribution in [3.05, 3.63) is 76.7 Å². The van der Waals surface area contributed by atoms with Gasteiger partial charge < -0.3 is 24.7 Å². The molecule has 5 rings (SSSR count). The number of nitrogens with two attached hydrogens (primary N) is 1. The second-order valence-electron chi connectivity index (χ2n) is 8.57. The zero-order valence-electron chi connectivity index (χ0n) is 18.5. The maximum Gasteiger partial charge on any atom is 0.273 e. The van der Waals surface area contributed by atoms with Gasteiger partial charge >= 0.3 is 0 Å². The molecule has 0 saturated carbocycles. The minimum Gasteiger partial charge on any atom is -0.394 e. The van der Waals surface area contributed by atoms with Crippen LogP contribution in [0.15, 0.2) is 65.6 Å². The Balaban J connectivity index is 1.65. The summed E-state index contributed by atoms with van der Waals surface area (Å²) in [7, 11) is 3.89. The molecule has 0 aliphatic carbocycles. The fraction of sp³-hybridized carbons (Fsp3) is 0.280. The summed E-state index contributed by atoms with van der Waals surface area (Å²) in [4.78, 5) is 21.9.